The summed E-state index contributed by atoms with van der Waals surface area (Å²) in [6.45, 7) is 6.70. The van der Waals surface area contributed by atoms with E-state index in [1.165, 1.54) is 11.4 Å². The van der Waals surface area contributed by atoms with Gasteiger partial charge in [-0.25, -0.2) is 4.98 Å². The average Bonchev–Trinajstić information content (AvgIpc) is 3.15. The van der Waals surface area contributed by atoms with Crippen LogP contribution in [0, 0.1) is 12.8 Å². The molecule has 23 heavy (non-hydrogen) atoms. The molecule has 0 bridgehead atoms. The van der Waals surface area contributed by atoms with Crippen LogP contribution in [0.25, 0.3) is 0 Å². The fourth-order valence-corrected chi connectivity index (χ4v) is 5.16. The Bertz CT molecular complexity index is 576. The molecule has 4 heterocycles. The number of carbonyl (C=O) groups is 1. The van der Waals surface area contributed by atoms with E-state index in [4.69, 9.17) is 4.74 Å². The molecule has 0 spiro atoms. The third kappa shape index (κ3) is 3.16. The van der Waals surface area contributed by atoms with Crippen molar-refractivity contribution in [1.29, 1.82) is 0 Å². The van der Waals surface area contributed by atoms with Gasteiger partial charge in [-0.1, -0.05) is 0 Å². The van der Waals surface area contributed by atoms with E-state index in [2.05, 4.69) is 20.2 Å². The molecule has 1 aromatic heterocycles. The van der Waals surface area contributed by atoms with Crippen molar-refractivity contribution in [2.24, 2.45) is 5.92 Å². The van der Waals surface area contributed by atoms with Gasteiger partial charge in [0.2, 0.25) is 5.91 Å². The number of nitrogens with zero attached hydrogens (tertiary/aromatic N) is 3. The Kier molecular flexibility index (Phi) is 4.39. The van der Waals surface area contributed by atoms with Crippen LogP contribution in [0.5, 0.6) is 0 Å². The predicted molar refractivity (Wildman–Crippen MR) is 89.3 cm³/mol. The molecule has 0 aliphatic carbocycles. The maximum absolute atomic E-state index is 12.3. The summed E-state index contributed by atoms with van der Waals surface area (Å²) in [7, 11) is 0. The topological polar surface area (TPSA) is 45.7 Å². The number of likely N-dealkylation sites (tertiary alicyclic amines) is 2. The van der Waals surface area contributed by atoms with Crippen LogP contribution >= 0.6 is 11.3 Å². The standard InChI is InChI=1S/C17H25N3O2S/c1-12-11-23-15(18-12)10-19-8-13-4-3-7-22-17(13)14(9-19)20-6-2-5-16(20)21/h11,13-14,17H,2-10H2,1H3/t13-,14+,17+/m0/s1. The predicted octanol–water partition coefficient (Wildman–Crippen LogP) is 2.05. The van der Waals surface area contributed by atoms with Gasteiger partial charge in [-0.15, -0.1) is 11.3 Å². The molecular weight excluding hydrogens is 310 g/mol. The smallest absolute Gasteiger partial charge is 0.223 e. The number of fused-ring (bicyclic) bond motifs is 1. The molecule has 3 aliphatic rings. The number of carbonyl (C=O) groups excluding carboxylic acids is 1. The maximum Gasteiger partial charge on any atom is 0.223 e. The van der Waals surface area contributed by atoms with Crippen molar-refractivity contribution >= 4 is 17.2 Å². The lowest BCUT2D eigenvalue weighted by Gasteiger charge is -2.48. The molecule has 126 valence electrons. The molecule has 5 nitrogen and oxygen atoms in total. The van der Waals surface area contributed by atoms with Crippen LogP contribution in [-0.2, 0) is 16.1 Å². The highest BCUT2D eigenvalue weighted by molar-refractivity contribution is 7.09. The van der Waals surface area contributed by atoms with E-state index in [-0.39, 0.29) is 12.1 Å². The van der Waals surface area contributed by atoms with Crippen LogP contribution in [0.3, 0.4) is 0 Å². The zero-order valence-electron chi connectivity index (χ0n) is 13.7. The Hall–Kier alpha value is -0.980. The summed E-state index contributed by atoms with van der Waals surface area (Å²) >= 11 is 1.74. The van der Waals surface area contributed by atoms with Crippen molar-refractivity contribution in [3.8, 4) is 0 Å². The number of hydrogen-bond acceptors (Lipinski definition) is 5. The normalized spacial score (nSPS) is 32.3. The largest absolute Gasteiger partial charge is 0.376 e. The van der Waals surface area contributed by atoms with Crippen molar-refractivity contribution in [3.05, 3.63) is 16.1 Å². The van der Waals surface area contributed by atoms with Crippen molar-refractivity contribution in [3.63, 3.8) is 0 Å². The van der Waals surface area contributed by atoms with Crippen molar-refractivity contribution in [1.82, 2.24) is 14.8 Å². The molecule has 0 radical (unpaired) electrons. The first-order chi connectivity index (χ1) is 11.2. The number of piperidine rings is 1. The summed E-state index contributed by atoms with van der Waals surface area (Å²) in [5.41, 5.74) is 1.10. The number of aromatic nitrogens is 1. The van der Waals surface area contributed by atoms with Crippen LogP contribution in [0.4, 0.5) is 0 Å². The number of aryl methyl sites for hydroxylation is 1. The van der Waals surface area contributed by atoms with Crippen LogP contribution in [0.15, 0.2) is 5.38 Å². The summed E-state index contributed by atoms with van der Waals surface area (Å²) in [5, 5.41) is 3.30. The highest BCUT2D eigenvalue weighted by atomic mass is 32.1. The van der Waals surface area contributed by atoms with Crippen LogP contribution < -0.4 is 0 Å². The van der Waals surface area contributed by atoms with Gasteiger partial charge in [0.05, 0.1) is 18.7 Å². The molecule has 0 aromatic carbocycles. The van der Waals surface area contributed by atoms with Gasteiger partial charge in [-0.05, 0) is 32.1 Å². The summed E-state index contributed by atoms with van der Waals surface area (Å²) in [4.78, 5) is 21.5. The van der Waals surface area contributed by atoms with E-state index in [1.54, 1.807) is 11.3 Å². The van der Waals surface area contributed by atoms with E-state index in [0.717, 1.165) is 51.3 Å². The Morgan fingerprint density at radius 2 is 2.30 bits per heavy atom. The van der Waals surface area contributed by atoms with E-state index in [1.807, 2.05) is 6.92 Å². The lowest BCUT2D eigenvalue weighted by Crippen LogP contribution is -2.61. The molecule has 0 N–H and O–H groups in total. The Balaban J connectivity index is 1.52. The molecule has 1 amide bonds. The van der Waals surface area contributed by atoms with Gasteiger partial charge < -0.3 is 9.64 Å². The van der Waals surface area contributed by atoms with Gasteiger partial charge in [0.25, 0.3) is 0 Å². The molecular formula is C17H25N3O2S. The highest BCUT2D eigenvalue weighted by Gasteiger charge is 2.44. The van der Waals surface area contributed by atoms with Gasteiger partial charge in [0.15, 0.2) is 0 Å². The average molecular weight is 335 g/mol. The van der Waals surface area contributed by atoms with Gasteiger partial charge in [-0.3, -0.25) is 9.69 Å². The van der Waals surface area contributed by atoms with Crippen LogP contribution in [0.2, 0.25) is 0 Å². The highest BCUT2D eigenvalue weighted by Crippen LogP contribution is 2.33. The zero-order valence-corrected chi connectivity index (χ0v) is 14.6. The quantitative estimate of drug-likeness (QED) is 0.848. The number of rotatable bonds is 3. The second kappa shape index (κ2) is 6.49. The van der Waals surface area contributed by atoms with Crippen molar-refractivity contribution in [2.45, 2.75) is 51.3 Å². The second-order valence-electron chi connectivity index (χ2n) is 7.07. The van der Waals surface area contributed by atoms with E-state index in [0.29, 0.717) is 18.2 Å². The summed E-state index contributed by atoms with van der Waals surface area (Å²) in [6, 6.07) is 0.227. The Morgan fingerprint density at radius 3 is 3.04 bits per heavy atom. The summed E-state index contributed by atoms with van der Waals surface area (Å²) in [5.74, 6) is 0.867. The minimum absolute atomic E-state index is 0.227. The van der Waals surface area contributed by atoms with E-state index >= 15 is 0 Å². The first-order valence-electron chi connectivity index (χ1n) is 8.75. The molecule has 0 saturated carbocycles. The second-order valence-corrected chi connectivity index (χ2v) is 8.02. The third-order valence-corrected chi connectivity index (χ3v) is 6.30. The minimum Gasteiger partial charge on any atom is -0.376 e. The molecule has 3 saturated heterocycles. The monoisotopic (exact) mass is 335 g/mol. The number of amides is 1. The number of ether oxygens (including phenoxy) is 1. The fraction of sp³-hybridized carbons (Fsp3) is 0.765. The Morgan fingerprint density at radius 1 is 1.39 bits per heavy atom. The maximum atomic E-state index is 12.3. The lowest BCUT2D eigenvalue weighted by atomic mass is 9.84. The fourth-order valence-electron chi connectivity index (χ4n) is 4.35. The molecule has 0 unspecified atom stereocenters. The van der Waals surface area contributed by atoms with Gasteiger partial charge in [0, 0.05) is 43.7 Å². The Labute approximate surface area is 141 Å². The van der Waals surface area contributed by atoms with E-state index < -0.39 is 0 Å². The van der Waals surface area contributed by atoms with Crippen LogP contribution in [0.1, 0.15) is 36.4 Å². The summed E-state index contributed by atoms with van der Waals surface area (Å²) in [6.07, 6.45) is 4.31. The number of hydrogen-bond donors (Lipinski definition) is 0. The van der Waals surface area contributed by atoms with Gasteiger partial charge in [0.1, 0.15) is 5.01 Å². The lowest BCUT2D eigenvalue weighted by molar-refractivity contribution is -0.145. The van der Waals surface area contributed by atoms with Crippen molar-refractivity contribution in [2.75, 3.05) is 26.2 Å². The summed E-state index contributed by atoms with van der Waals surface area (Å²) < 4.78 is 6.12. The van der Waals surface area contributed by atoms with Gasteiger partial charge in [-0.2, -0.15) is 0 Å². The SMILES string of the molecule is Cc1csc(CN2C[C@@H]3CCCO[C@H]3[C@H](N3CCCC3=O)C2)n1. The molecule has 1 aromatic rings. The minimum atomic E-state index is 0.227. The van der Waals surface area contributed by atoms with E-state index in [9.17, 15) is 4.79 Å². The van der Waals surface area contributed by atoms with Gasteiger partial charge >= 0.3 is 0 Å². The first kappa shape index (κ1) is 15.5. The molecule has 3 fully saturated rings. The van der Waals surface area contributed by atoms with Crippen LogP contribution in [-0.4, -0.2) is 59.1 Å². The third-order valence-electron chi connectivity index (χ3n) is 5.35. The first-order valence-corrected chi connectivity index (χ1v) is 9.63. The van der Waals surface area contributed by atoms with Crippen molar-refractivity contribution < 1.29 is 9.53 Å². The molecule has 6 heteroatoms. The number of thiazole rings is 1. The zero-order chi connectivity index (χ0) is 15.8. The molecule has 3 atom stereocenters. The molecule has 3 aliphatic heterocycles. The molecule has 4 rings (SSSR count).